The minimum Gasteiger partial charge on any atom is -0.330 e. The van der Waals surface area contributed by atoms with Crippen LogP contribution in [0.4, 0.5) is 0 Å². The van der Waals surface area contributed by atoms with Gasteiger partial charge in [-0.2, -0.15) is 5.26 Å². The predicted octanol–water partition coefficient (Wildman–Crippen LogP) is 1.35. The lowest BCUT2D eigenvalue weighted by atomic mass is 10.0. The van der Waals surface area contributed by atoms with Gasteiger partial charge in [0.15, 0.2) is 0 Å². The van der Waals surface area contributed by atoms with Gasteiger partial charge in [0.25, 0.3) is 0 Å². The van der Waals surface area contributed by atoms with Crippen molar-refractivity contribution in [3.63, 3.8) is 0 Å². The number of nitrogens with zero attached hydrogens (tertiary/aromatic N) is 2. The summed E-state index contributed by atoms with van der Waals surface area (Å²) in [7, 11) is 2.13. The van der Waals surface area contributed by atoms with Crippen LogP contribution in [0.25, 0.3) is 0 Å². The minimum atomic E-state index is 0.358. The molecule has 0 heterocycles. The highest BCUT2D eigenvalue weighted by molar-refractivity contribution is 4.89. The lowest BCUT2D eigenvalue weighted by Gasteiger charge is -2.33. The topological polar surface area (TPSA) is 53.0 Å². The van der Waals surface area contributed by atoms with E-state index in [9.17, 15) is 0 Å². The van der Waals surface area contributed by atoms with Crippen LogP contribution in [0.1, 0.15) is 32.6 Å². The molecule has 0 aromatic heterocycles. The van der Waals surface area contributed by atoms with Crippen LogP contribution in [0, 0.1) is 17.2 Å². The van der Waals surface area contributed by atoms with Gasteiger partial charge in [0.2, 0.25) is 0 Å². The first-order valence-electron chi connectivity index (χ1n) is 5.49. The Kier molecular flexibility index (Phi) is 4.37. The SMILES string of the molecule is CC(CC#N)N(C)C1CCCC1CN. The van der Waals surface area contributed by atoms with E-state index in [2.05, 4.69) is 24.9 Å². The fraction of sp³-hybridized carbons (Fsp3) is 0.909. The Morgan fingerprint density at radius 3 is 2.86 bits per heavy atom. The summed E-state index contributed by atoms with van der Waals surface area (Å²) in [6.45, 7) is 2.91. The van der Waals surface area contributed by atoms with Crippen molar-refractivity contribution in [3.8, 4) is 6.07 Å². The zero-order chi connectivity index (χ0) is 10.6. The summed E-state index contributed by atoms with van der Waals surface area (Å²) >= 11 is 0. The van der Waals surface area contributed by atoms with Gasteiger partial charge < -0.3 is 5.73 Å². The first-order valence-corrected chi connectivity index (χ1v) is 5.49. The zero-order valence-electron chi connectivity index (χ0n) is 9.24. The summed E-state index contributed by atoms with van der Waals surface area (Å²) in [5.74, 6) is 0.640. The number of hydrogen-bond donors (Lipinski definition) is 1. The summed E-state index contributed by atoms with van der Waals surface area (Å²) in [6.07, 6.45) is 4.40. The normalized spacial score (nSPS) is 29.1. The molecule has 0 bridgehead atoms. The third-order valence-electron chi connectivity index (χ3n) is 3.53. The van der Waals surface area contributed by atoms with Gasteiger partial charge in [0.05, 0.1) is 12.5 Å². The van der Waals surface area contributed by atoms with Crippen LogP contribution in [-0.2, 0) is 0 Å². The van der Waals surface area contributed by atoms with Gasteiger partial charge in [-0.3, -0.25) is 4.90 Å². The standard InChI is InChI=1S/C11H21N3/c1-9(6-7-12)14(2)11-5-3-4-10(11)8-13/h9-11H,3-6,8,13H2,1-2H3. The van der Waals surface area contributed by atoms with Gasteiger partial charge in [-0.25, -0.2) is 0 Å². The molecule has 3 atom stereocenters. The van der Waals surface area contributed by atoms with Crippen LogP contribution in [0.15, 0.2) is 0 Å². The quantitative estimate of drug-likeness (QED) is 0.736. The second-order valence-electron chi connectivity index (χ2n) is 4.37. The molecule has 1 fully saturated rings. The predicted molar refractivity (Wildman–Crippen MR) is 57.6 cm³/mol. The zero-order valence-corrected chi connectivity index (χ0v) is 9.24. The Morgan fingerprint density at radius 1 is 1.57 bits per heavy atom. The molecule has 0 saturated heterocycles. The van der Waals surface area contributed by atoms with E-state index >= 15 is 0 Å². The first kappa shape index (κ1) is 11.5. The summed E-state index contributed by atoms with van der Waals surface area (Å²) in [5, 5.41) is 8.65. The number of rotatable bonds is 4. The van der Waals surface area contributed by atoms with Crippen molar-refractivity contribution in [3.05, 3.63) is 0 Å². The molecule has 14 heavy (non-hydrogen) atoms. The Balaban J connectivity index is 2.50. The molecule has 1 rings (SSSR count). The molecule has 80 valence electrons. The number of nitriles is 1. The van der Waals surface area contributed by atoms with Crippen LogP contribution < -0.4 is 5.73 Å². The second kappa shape index (κ2) is 5.33. The highest BCUT2D eigenvalue weighted by atomic mass is 15.2. The molecular formula is C11H21N3. The van der Waals surface area contributed by atoms with E-state index in [4.69, 9.17) is 11.0 Å². The molecule has 0 amide bonds. The summed E-state index contributed by atoms with van der Waals surface area (Å²) in [6, 6.07) is 3.19. The largest absolute Gasteiger partial charge is 0.330 e. The maximum absolute atomic E-state index is 8.65. The Hall–Kier alpha value is -0.590. The lowest BCUT2D eigenvalue weighted by molar-refractivity contribution is 0.153. The number of nitrogens with two attached hydrogens (primary N) is 1. The van der Waals surface area contributed by atoms with Gasteiger partial charge in [0, 0.05) is 12.1 Å². The summed E-state index contributed by atoms with van der Waals surface area (Å²) in [4.78, 5) is 2.34. The minimum absolute atomic E-state index is 0.358. The van der Waals surface area contributed by atoms with E-state index < -0.39 is 0 Å². The second-order valence-corrected chi connectivity index (χ2v) is 4.37. The van der Waals surface area contributed by atoms with Crippen molar-refractivity contribution in [2.75, 3.05) is 13.6 Å². The molecule has 0 aromatic carbocycles. The van der Waals surface area contributed by atoms with Crippen LogP contribution in [0.5, 0.6) is 0 Å². The van der Waals surface area contributed by atoms with Crippen molar-refractivity contribution < 1.29 is 0 Å². The molecule has 1 aliphatic rings. The smallest absolute Gasteiger partial charge is 0.0638 e. The summed E-state index contributed by atoms with van der Waals surface area (Å²) < 4.78 is 0. The molecule has 0 aliphatic heterocycles. The molecular weight excluding hydrogens is 174 g/mol. The highest BCUT2D eigenvalue weighted by Crippen LogP contribution is 2.29. The van der Waals surface area contributed by atoms with E-state index in [1.807, 2.05) is 0 Å². The van der Waals surface area contributed by atoms with Crippen LogP contribution in [-0.4, -0.2) is 30.6 Å². The van der Waals surface area contributed by atoms with E-state index in [-0.39, 0.29) is 0 Å². The van der Waals surface area contributed by atoms with E-state index in [1.54, 1.807) is 0 Å². The average molecular weight is 195 g/mol. The van der Waals surface area contributed by atoms with Gasteiger partial charge in [-0.1, -0.05) is 6.42 Å². The molecule has 3 heteroatoms. The molecule has 1 aliphatic carbocycles. The third-order valence-corrected chi connectivity index (χ3v) is 3.53. The van der Waals surface area contributed by atoms with Gasteiger partial charge in [-0.15, -0.1) is 0 Å². The molecule has 2 N–H and O–H groups in total. The van der Waals surface area contributed by atoms with E-state index in [0.717, 1.165) is 6.54 Å². The molecule has 0 spiro atoms. The van der Waals surface area contributed by atoms with Crippen molar-refractivity contribution in [1.29, 1.82) is 5.26 Å². The molecule has 0 radical (unpaired) electrons. The lowest BCUT2D eigenvalue weighted by Crippen LogP contribution is -2.42. The van der Waals surface area contributed by atoms with Crippen LogP contribution in [0.2, 0.25) is 0 Å². The average Bonchev–Trinajstić information content (AvgIpc) is 2.64. The van der Waals surface area contributed by atoms with Crippen molar-refractivity contribution in [1.82, 2.24) is 4.90 Å². The van der Waals surface area contributed by atoms with Crippen molar-refractivity contribution >= 4 is 0 Å². The van der Waals surface area contributed by atoms with Gasteiger partial charge in [-0.05, 0) is 39.3 Å². The van der Waals surface area contributed by atoms with E-state index in [0.29, 0.717) is 24.4 Å². The van der Waals surface area contributed by atoms with Gasteiger partial charge in [0.1, 0.15) is 0 Å². The van der Waals surface area contributed by atoms with Crippen LogP contribution >= 0.6 is 0 Å². The maximum atomic E-state index is 8.65. The highest BCUT2D eigenvalue weighted by Gasteiger charge is 2.31. The van der Waals surface area contributed by atoms with Crippen molar-refractivity contribution in [2.45, 2.75) is 44.7 Å². The Bertz CT molecular complexity index is 209. The fourth-order valence-corrected chi connectivity index (χ4v) is 2.43. The van der Waals surface area contributed by atoms with E-state index in [1.165, 1.54) is 19.3 Å². The molecule has 0 aromatic rings. The third kappa shape index (κ3) is 2.46. The molecule has 3 nitrogen and oxygen atoms in total. The first-order chi connectivity index (χ1) is 6.70. The van der Waals surface area contributed by atoms with Crippen molar-refractivity contribution in [2.24, 2.45) is 11.7 Å². The van der Waals surface area contributed by atoms with Gasteiger partial charge >= 0.3 is 0 Å². The maximum Gasteiger partial charge on any atom is 0.0638 e. The Labute approximate surface area is 86.9 Å². The molecule has 3 unspecified atom stereocenters. The monoisotopic (exact) mass is 195 g/mol. The fourth-order valence-electron chi connectivity index (χ4n) is 2.43. The molecule has 1 saturated carbocycles. The number of hydrogen-bond acceptors (Lipinski definition) is 3. The summed E-state index contributed by atoms with van der Waals surface area (Å²) in [5.41, 5.74) is 5.74. The Morgan fingerprint density at radius 2 is 2.29 bits per heavy atom. The van der Waals surface area contributed by atoms with Crippen LogP contribution in [0.3, 0.4) is 0 Å².